The second kappa shape index (κ2) is 8.70. The van der Waals surface area contributed by atoms with Crippen LogP contribution in [0.1, 0.15) is 48.0 Å². The number of carboxylic acids is 1. The fraction of sp³-hybridized carbons (Fsp3) is 0.800. The van der Waals surface area contributed by atoms with Crippen LogP contribution in [-0.2, 0) is 14.3 Å². The summed E-state index contributed by atoms with van der Waals surface area (Å²) in [6, 6.07) is -1.48. The van der Waals surface area contributed by atoms with Gasteiger partial charge >= 0.3 is 18.2 Å². The van der Waals surface area contributed by atoms with Crippen molar-refractivity contribution >= 4 is 18.2 Å². The molecule has 3 N–H and O–H groups in total. The van der Waals surface area contributed by atoms with Gasteiger partial charge in [-0.3, -0.25) is 0 Å². The first-order chi connectivity index (χ1) is 10.7. The summed E-state index contributed by atoms with van der Waals surface area (Å²) in [6.07, 6.45) is -3.97. The number of rotatable bonds is 6. The average molecular weight is 350 g/mol. The molecule has 0 spiro atoms. The summed E-state index contributed by atoms with van der Waals surface area (Å²) in [7, 11) is 0. The second-order valence-corrected chi connectivity index (χ2v) is 7.25. The van der Waals surface area contributed by atoms with Crippen molar-refractivity contribution in [2.24, 2.45) is 0 Å². The molecule has 0 aromatic carbocycles. The van der Waals surface area contributed by atoms with Gasteiger partial charge in [0, 0.05) is 6.42 Å². The van der Waals surface area contributed by atoms with Gasteiger partial charge in [0.2, 0.25) is 0 Å². The molecule has 0 radical (unpaired) electrons. The maximum Gasteiger partial charge on any atom is 0.408 e. The molecule has 2 atom stereocenters. The van der Waals surface area contributed by atoms with Gasteiger partial charge in [0.05, 0.1) is 6.54 Å². The van der Waals surface area contributed by atoms with E-state index in [-0.39, 0.29) is 0 Å². The summed E-state index contributed by atoms with van der Waals surface area (Å²) in [4.78, 5) is 34.1. The van der Waals surface area contributed by atoms with E-state index in [2.05, 4.69) is 10.6 Å². The van der Waals surface area contributed by atoms with Gasteiger partial charge in [-0.15, -0.1) is 0 Å². The zero-order valence-corrected chi connectivity index (χ0v) is 14.9. The molecule has 0 rings (SSSR count). The topological polar surface area (TPSA) is 114 Å². The van der Waals surface area contributed by atoms with Crippen LogP contribution in [0, 0.1) is 0 Å². The SMILES string of the molecule is CC(C)(C)OC(=O)NC[C@@H](F)C[C@H](NC(=O)OC(C)(C)C)C(=O)O. The molecular weight excluding hydrogens is 323 g/mol. The van der Waals surface area contributed by atoms with E-state index in [9.17, 15) is 18.8 Å². The molecule has 0 unspecified atom stereocenters. The summed E-state index contributed by atoms with van der Waals surface area (Å²) >= 11 is 0. The molecule has 0 fully saturated rings. The van der Waals surface area contributed by atoms with Crippen molar-refractivity contribution in [3.63, 3.8) is 0 Å². The van der Waals surface area contributed by atoms with E-state index in [0.29, 0.717) is 0 Å². The third kappa shape index (κ3) is 11.5. The average Bonchev–Trinajstić information content (AvgIpc) is 2.31. The molecule has 0 aromatic rings. The van der Waals surface area contributed by atoms with Crippen molar-refractivity contribution in [1.82, 2.24) is 10.6 Å². The summed E-state index contributed by atoms with van der Waals surface area (Å²) in [5.41, 5.74) is -1.53. The molecule has 0 aliphatic heterocycles. The van der Waals surface area contributed by atoms with Gasteiger partial charge in [-0.1, -0.05) is 0 Å². The first-order valence-electron chi connectivity index (χ1n) is 7.53. The van der Waals surface area contributed by atoms with Gasteiger partial charge in [0.25, 0.3) is 0 Å². The summed E-state index contributed by atoms with van der Waals surface area (Å²) in [6.45, 7) is 9.38. The third-order valence-corrected chi connectivity index (χ3v) is 2.35. The largest absolute Gasteiger partial charge is 0.480 e. The minimum absolute atomic E-state index is 0.436. The lowest BCUT2D eigenvalue weighted by Crippen LogP contribution is -2.46. The van der Waals surface area contributed by atoms with E-state index in [1.165, 1.54) is 0 Å². The maximum absolute atomic E-state index is 13.9. The number of hydrogen-bond acceptors (Lipinski definition) is 5. The van der Waals surface area contributed by atoms with E-state index in [1.54, 1.807) is 41.5 Å². The van der Waals surface area contributed by atoms with Crippen molar-refractivity contribution in [2.75, 3.05) is 6.54 Å². The van der Waals surface area contributed by atoms with Gasteiger partial charge in [-0.25, -0.2) is 18.8 Å². The number of aliphatic carboxylic acids is 1. The Kier molecular flexibility index (Phi) is 7.95. The molecule has 0 aliphatic carbocycles. The minimum Gasteiger partial charge on any atom is -0.480 e. The van der Waals surface area contributed by atoms with Crippen LogP contribution in [-0.4, -0.2) is 53.2 Å². The van der Waals surface area contributed by atoms with E-state index >= 15 is 0 Å². The molecular formula is C15H27FN2O6. The highest BCUT2D eigenvalue weighted by Crippen LogP contribution is 2.09. The summed E-state index contributed by atoms with van der Waals surface area (Å²) < 4.78 is 23.7. The highest BCUT2D eigenvalue weighted by atomic mass is 19.1. The molecule has 0 saturated heterocycles. The van der Waals surface area contributed by atoms with Crippen LogP contribution in [0.25, 0.3) is 0 Å². The number of hydrogen-bond donors (Lipinski definition) is 3. The molecule has 0 bridgehead atoms. The van der Waals surface area contributed by atoms with Gasteiger partial charge < -0.3 is 25.2 Å². The maximum atomic E-state index is 13.9. The van der Waals surface area contributed by atoms with Crippen molar-refractivity contribution < 1.29 is 33.4 Å². The number of amides is 2. The van der Waals surface area contributed by atoms with Crippen molar-refractivity contribution in [3.05, 3.63) is 0 Å². The molecule has 0 aromatic heterocycles. The smallest absolute Gasteiger partial charge is 0.408 e. The lowest BCUT2D eigenvalue weighted by Gasteiger charge is -2.23. The summed E-state index contributed by atoms with van der Waals surface area (Å²) in [5, 5.41) is 13.3. The minimum atomic E-state index is -1.69. The Morgan fingerprint density at radius 3 is 1.88 bits per heavy atom. The number of alkyl carbamates (subject to hydrolysis) is 2. The Hall–Kier alpha value is -2.06. The van der Waals surface area contributed by atoms with Crippen LogP contribution in [0.3, 0.4) is 0 Å². The number of carbonyl (C=O) groups excluding carboxylic acids is 2. The zero-order valence-electron chi connectivity index (χ0n) is 14.9. The van der Waals surface area contributed by atoms with Crippen LogP contribution < -0.4 is 10.6 Å². The number of halogens is 1. The highest BCUT2D eigenvalue weighted by Gasteiger charge is 2.27. The third-order valence-electron chi connectivity index (χ3n) is 2.35. The number of carboxylic acid groups (broad SMARTS) is 1. The molecule has 8 nitrogen and oxygen atoms in total. The molecule has 0 saturated carbocycles. The van der Waals surface area contributed by atoms with Gasteiger partial charge in [0.15, 0.2) is 0 Å². The number of carbonyl (C=O) groups is 3. The number of nitrogens with one attached hydrogen (secondary N) is 2. The second-order valence-electron chi connectivity index (χ2n) is 7.25. The van der Waals surface area contributed by atoms with E-state index in [1.807, 2.05) is 0 Å². The Bertz CT molecular complexity index is 456. The quantitative estimate of drug-likeness (QED) is 0.677. The first kappa shape index (κ1) is 21.9. The van der Waals surface area contributed by atoms with Crippen LogP contribution in [0.5, 0.6) is 0 Å². The van der Waals surface area contributed by atoms with Crippen LogP contribution in [0.2, 0.25) is 0 Å². The molecule has 9 heteroatoms. The lowest BCUT2D eigenvalue weighted by molar-refractivity contribution is -0.140. The lowest BCUT2D eigenvalue weighted by atomic mass is 10.1. The van der Waals surface area contributed by atoms with Gasteiger partial charge in [-0.2, -0.15) is 0 Å². The van der Waals surface area contributed by atoms with Crippen LogP contribution >= 0.6 is 0 Å². The van der Waals surface area contributed by atoms with Gasteiger partial charge in [-0.05, 0) is 41.5 Å². The van der Waals surface area contributed by atoms with Crippen molar-refractivity contribution in [1.29, 1.82) is 0 Å². The molecule has 2 amide bonds. The zero-order chi connectivity index (χ0) is 19.1. The fourth-order valence-corrected chi connectivity index (χ4v) is 1.52. The Labute approximate surface area is 141 Å². The predicted molar refractivity (Wildman–Crippen MR) is 84.5 cm³/mol. The molecule has 0 heterocycles. The first-order valence-corrected chi connectivity index (χ1v) is 7.53. The van der Waals surface area contributed by atoms with E-state index in [4.69, 9.17) is 14.6 Å². The molecule has 24 heavy (non-hydrogen) atoms. The predicted octanol–water partition coefficient (Wildman–Crippen LogP) is 2.22. The molecule has 0 aliphatic rings. The van der Waals surface area contributed by atoms with Gasteiger partial charge in [0.1, 0.15) is 23.4 Å². The Morgan fingerprint density at radius 1 is 1.00 bits per heavy atom. The van der Waals surface area contributed by atoms with Crippen molar-refractivity contribution in [3.8, 4) is 0 Å². The number of ether oxygens (including phenoxy) is 2. The summed E-state index contributed by atoms with van der Waals surface area (Å²) in [5.74, 6) is -1.40. The monoisotopic (exact) mass is 350 g/mol. The Balaban J connectivity index is 4.44. The number of alkyl halides is 1. The van der Waals surface area contributed by atoms with Crippen LogP contribution in [0.4, 0.5) is 14.0 Å². The Morgan fingerprint density at radius 2 is 1.46 bits per heavy atom. The van der Waals surface area contributed by atoms with E-state index < -0.39 is 54.5 Å². The highest BCUT2D eigenvalue weighted by molar-refractivity contribution is 5.80. The standard InChI is InChI=1S/C15H27FN2O6/c1-14(2,3)23-12(21)17-8-9(16)7-10(11(19)20)18-13(22)24-15(4,5)6/h9-10H,7-8H2,1-6H3,(H,17,21)(H,18,22)(H,19,20)/t9-,10-/m0/s1. The van der Waals surface area contributed by atoms with Crippen LogP contribution in [0.15, 0.2) is 0 Å². The van der Waals surface area contributed by atoms with E-state index in [0.717, 1.165) is 0 Å². The normalized spacial score (nSPS) is 14.3. The van der Waals surface area contributed by atoms with Crippen molar-refractivity contribution in [2.45, 2.75) is 71.4 Å². The fourth-order valence-electron chi connectivity index (χ4n) is 1.52. The molecule has 140 valence electrons.